The lowest BCUT2D eigenvalue weighted by Crippen LogP contribution is -2.37. The molecule has 0 radical (unpaired) electrons. The summed E-state index contributed by atoms with van der Waals surface area (Å²) in [7, 11) is 1.57. The summed E-state index contributed by atoms with van der Waals surface area (Å²) in [6.07, 6.45) is -0.712. The highest BCUT2D eigenvalue weighted by Gasteiger charge is 2.22. The molecule has 2 N–H and O–H groups in total. The zero-order valence-corrected chi connectivity index (χ0v) is 15.2. The molecule has 1 heterocycles. The van der Waals surface area contributed by atoms with E-state index < -0.39 is 18.1 Å². The Morgan fingerprint density at radius 3 is 2.32 bits per heavy atom. The van der Waals surface area contributed by atoms with Crippen molar-refractivity contribution in [3.63, 3.8) is 0 Å². The van der Waals surface area contributed by atoms with Crippen LogP contribution in [0.5, 0.6) is 11.5 Å². The van der Waals surface area contributed by atoms with Gasteiger partial charge in [0.1, 0.15) is 21.4 Å². The molecular weight excluding hydrogens is 344 g/mol. The molecule has 0 saturated carbocycles. The van der Waals surface area contributed by atoms with Crippen LogP contribution >= 0.6 is 11.3 Å². The number of thiazole rings is 1. The highest BCUT2D eigenvalue weighted by molar-refractivity contribution is 7.13. The number of aryl methyl sites for hydroxylation is 1. The maximum Gasteiger partial charge on any atom is 0.347 e. The van der Waals surface area contributed by atoms with Gasteiger partial charge in [-0.25, -0.2) is 9.78 Å². The number of rotatable bonds is 7. The van der Waals surface area contributed by atoms with Gasteiger partial charge in [0, 0.05) is 0 Å². The second-order valence-electron chi connectivity index (χ2n) is 5.44. The molecule has 134 valence electrons. The predicted octanol–water partition coefficient (Wildman–Crippen LogP) is 2.80. The molecule has 0 aliphatic rings. The minimum Gasteiger partial charge on any atom is -0.497 e. The van der Waals surface area contributed by atoms with Crippen molar-refractivity contribution >= 4 is 23.2 Å². The minimum atomic E-state index is -1.02. The first-order valence-corrected chi connectivity index (χ1v) is 8.45. The van der Waals surface area contributed by atoms with Crippen LogP contribution < -0.4 is 14.8 Å². The number of carboxylic acid groups (broad SMARTS) is 1. The standard InChI is InChI=1S/C17H20N2O5S/c1-9-14(17(21)22)25-16(19-9)10(2)18-15(20)11(3)24-13-7-5-12(23-4)6-8-13/h5-8,10-11H,1-4H3,(H,18,20)(H,21,22). The van der Waals surface area contributed by atoms with Crippen molar-refractivity contribution in [3.05, 3.63) is 39.8 Å². The fourth-order valence-corrected chi connectivity index (χ4v) is 3.01. The van der Waals surface area contributed by atoms with Gasteiger partial charge in [-0.1, -0.05) is 0 Å². The number of hydrogen-bond donors (Lipinski definition) is 2. The Bertz CT molecular complexity index is 757. The van der Waals surface area contributed by atoms with E-state index in [1.54, 1.807) is 52.1 Å². The van der Waals surface area contributed by atoms with Crippen LogP contribution in [0.4, 0.5) is 0 Å². The van der Waals surface area contributed by atoms with Crippen LogP contribution in [0.15, 0.2) is 24.3 Å². The Kier molecular flexibility index (Phi) is 5.97. The Morgan fingerprint density at radius 1 is 1.20 bits per heavy atom. The summed E-state index contributed by atoms with van der Waals surface area (Å²) in [5.41, 5.74) is 0.441. The maximum absolute atomic E-state index is 12.3. The highest BCUT2D eigenvalue weighted by Crippen LogP contribution is 2.24. The molecule has 2 unspecified atom stereocenters. The summed E-state index contributed by atoms with van der Waals surface area (Å²) in [6.45, 7) is 5.03. The quantitative estimate of drug-likeness (QED) is 0.784. The van der Waals surface area contributed by atoms with Gasteiger partial charge in [-0.15, -0.1) is 11.3 Å². The van der Waals surface area contributed by atoms with Crippen LogP contribution in [0.3, 0.4) is 0 Å². The lowest BCUT2D eigenvalue weighted by atomic mass is 10.3. The molecule has 2 atom stereocenters. The number of carboxylic acids is 1. The number of aromatic carboxylic acids is 1. The topological polar surface area (TPSA) is 97.8 Å². The number of nitrogens with zero attached hydrogens (tertiary/aromatic N) is 1. The second-order valence-corrected chi connectivity index (χ2v) is 6.47. The van der Waals surface area contributed by atoms with Crippen LogP contribution in [0.2, 0.25) is 0 Å². The largest absolute Gasteiger partial charge is 0.497 e. The van der Waals surface area contributed by atoms with Gasteiger partial charge in [0.2, 0.25) is 0 Å². The van der Waals surface area contributed by atoms with E-state index in [4.69, 9.17) is 14.6 Å². The average molecular weight is 364 g/mol. The van der Waals surface area contributed by atoms with E-state index >= 15 is 0 Å². The van der Waals surface area contributed by atoms with Gasteiger partial charge in [0.15, 0.2) is 6.10 Å². The monoisotopic (exact) mass is 364 g/mol. The van der Waals surface area contributed by atoms with Gasteiger partial charge in [0.05, 0.1) is 18.8 Å². The number of carbonyl (C=O) groups is 2. The zero-order chi connectivity index (χ0) is 18.6. The van der Waals surface area contributed by atoms with Crippen molar-refractivity contribution in [3.8, 4) is 11.5 Å². The normalized spacial score (nSPS) is 13.0. The minimum absolute atomic E-state index is 0.179. The first-order chi connectivity index (χ1) is 11.8. The number of nitrogens with one attached hydrogen (secondary N) is 1. The summed E-state index contributed by atoms with van der Waals surface area (Å²) in [5, 5.41) is 12.4. The van der Waals surface area contributed by atoms with E-state index in [2.05, 4.69) is 10.3 Å². The third kappa shape index (κ3) is 4.69. The van der Waals surface area contributed by atoms with Gasteiger partial charge in [-0.3, -0.25) is 4.79 Å². The van der Waals surface area contributed by atoms with Gasteiger partial charge < -0.3 is 19.9 Å². The molecule has 0 spiro atoms. The molecule has 2 aromatic rings. The molecule has 1 amide bonds. The van der Waals surface area contributed by atoms with Crippen LogP contribution in [0.1, 0.15) is 40.3 Å². The van der Waals surface area contributed by atoms with Crippen molar-refractivity contribution in [1.29, 1.82) is 0 Å². The molecule has 25 heavy (non-hydrogen) atoms. The molecule has 7 nitrogen and oxygen atoms in total. The number of carbonyl (C=O) groups excluding carboxylic acids is 1. The van der Waals surface area contributed by atoms with Gasteiger partial charge >= 0.3 is 5.97 Å². The van der Waals surface area contributed by atoms with Gasteiger partial charge in [0.25, 0.3) is 5.91 Å². The molecule has 0 saturated heterocycles. The summed E-state index contributed by atoms with van der Waals surface area (Å²) >= 11 is 1.06. The van der Waals surface area contributed by atoms with Crippen LogP contribution in [0, 0.1) is 6.92 Å². The third-order valence-electron chi connectivity index (χ3n) is 3.48. The van der Waals surface area contributed by atoms with E-state index in [0.717, 1.165) is 11.3 Å². The summed E-state index contributed by atoms with van der Waals surface area (Å²) in [5.74, 6) is -0.0789. The number of ether oxygens (including phenoxy) is 2. The first-order valence-electron chi connectivity index (χ1n) is 7.63. The number of hydrogen-bond acceptors (Lipinski definition) is 6. The number of aromatic nitrogens is 1. The van der Waals surface area contributed by atoms with E-state index in [1.165, 1.54) is 0 Å². The molecule has 8 heteroatoms. The number of methoxy groups -OCH3 is 1. The lowest BCUT2D eigenvalue weighted by molar-refractivity contribution is -0.127. The highest BCUT2D eigenvalue weighted by atomic mass is 32.1. The Balaban J connectivity index is 1.97. The first kappa shape index (κ1) is 18.7. The zero-order valence-electron chi connectivity index (χ0n) is 14.4. The fourth-order valence-electron chi connectivity index (χ4n) is 2.11. The Hall–Kier alpha value is -2.61. The Labute approximate surface area is 149 Å². The Morgan fingerprint density at radius 2 is 1.80 bits per heavy atom. The van der Waals surface area contributed by atoms with Gasteiger partial charge in [-0.2, -0.15) is 0 Å². The van der Waals surface area contributed by atoms with Crippen molar-refractivity contribution < 1.29 is 24.2 Å². The summed E-state index contributed by atoms with van der Waals surface area (Å²) in [4.78, 5) is 27.8. The molecule has 2 rings (SSSR count). The summed E-state index contributed by atoms with van der Waals surface area (Å²) in [6, 6.07) is 6.51. The maximum atomic E-state index is 12.3. The van der Waals surface area contributed by atoms with Gasteiger partial charge in [-0.05, 0) is 45.0 Å². The molecule has 0 fully saturated rings. The predicted molar refractivity (Wildman–Crippen MR) is 93.5 cm³/mol. The molecule has 0 aliphatic carbocycles. The van der Waals surface area contributed by atoms with Crippen molar-refractivity contribution in [1.82, 2.24) is 10.3 Å². The molecule has 0 bridgehead atoms. The van der Waals surface area contributed by atoms with Crippen molar-refractivity contribution in [2.24, 2.45) is 0 Å². The number of amides is 1. The van der Waals surface area contributed by atoms with E-state index in [-0.39, 0.29) is 10.8 Å². The van der Waals surface area contributed by atoms with Crippen LogP contribution in [-0.2, 0) is 4.79 Å². The van der Waals surface area contributed by atoms with Crippen LogP contribution in [0.25, 0.3) is 0 Å². The fraction of sp³-hybridized carbons (Fsp3) is 0.353. The molecule has 1 aromatic heterocycles. The van der Waals surface area contributed by atoms with Crippen molar-refractivity contribution in [2.45, 2.75) is 32.9 Å². The van der Waals surface area contributed by atoms with Crippen molar-refractivity contribution in [2.75, 3.05) is 7.11 Å². The molecule has 1 aromatic carbocycles. The van der Waals surface area contributed by atoms with E-state index in [1.807, 2.05) is 0 Å². The SMILES string of the molecule is COc1ccc(OC(C)C(=O)NC(C)c2nc(C)c(C(=O)O)s2)cc1. The summed E-state index contributed by atoms with van der Waals surface area (Å²) < 4.78 is 10.7. The lowest BCUT2D eigenvalue weighted by Gasteiger charge is -2.17. The third-order valence-corrected chi connectivity index (χ3v) is 4.81. The molecule has 0 aliphatic heterocycles. The second kappa shape index (κ2) is 7.98. The van der Waals surface area contributed by atoms with E-state index in [0.29, 0.717) is 22.2 Å². The smallest absolute Gasteiger partial charge is 0.347 e. The van der Waals surface area contributed by atoms with Crippen LogP contribution in [-0.4, -0.2) is 35.2 Å². The number of benzene rings is 1. The molecular formula is C17H20N2O5S. The van der Waals surface area contributed by atoms with E-state index in [9.17, 15) is 9.59 Å². The average Bonchev–Trinajstić information content (AvgIpc) is 2.97.